The summed E-state index contributed by atoms with van der Waals surface area (Å²) in [5, 5.41) is 6.72. The molecule has 1 aromatic carbocycles. The molecule has 25 heavy (non-hydrogen) atoms. The van der Waals surface area contributed by atoms with E-state index < -0.39 is 0 Å². The van der Waals surface area contributed by atoms with Gasteiger partial charge in [-0.3, -0.25) is 9.59 Å². The first-order chi connectivity index (χ1) is 11.9. The van der Waals surface area contributed by atoms with Crippen molar-refractivity contribution >= 4 is 11.8 Å². The lowest BCUT2D eigenvalue weighted by Gasteiger charge is -2.10. The molecule has 1 aromatic heterocycles. The first-order valence-corrected chi connectivity index (χ1v) is 8.26. The van der Waals surface area contributed by atoms with Gasteiger partial charge in [-0.05, 0) is 17.7 Å². The van der Waals surface area contributed by atoms with E-state index in [2.05, 4.69) is 15.5 Å². The fourth-order valence-electron chi connectivity index (χ4n) is 2.14. The maximum atomic E-state index is 11.9. The SMILES string of the molecule is CC(C)c1noc(CCC(=O)NCc2ccc(C(=O)N(C)C)cc2)n1. The number of carbonyl (C=O) groups is 2. The summed E-state index contributed by atoms with van der Waals surface area (Å²) in [6, 6.07) is 7.19. The average molecular weight is 344 g/mol. The molecule has 0 unspecified atom stereocenters. The summed E-state index contributed by atoms with van der Waals surface area (Å²) >= 11 is 0. The van der Waals surface area contributed by atoms with Gasteiger partial charge in [0, 0.05) is 45.0 Å². The van der Waals surface area contributed by atoms with Crippen LogP contribution in [0.25, 0.3) is 0 Å². The van der Waals surface area contributed by atoms with Crippen molar-refractivity contribution in [1.82, 2.24) is 20.4 Å². The highest BCUT2D eigenvalue weighted by Gasteiger charge is 2.11. The lowest BCUT2D eigenvalue weighted by atomic mass is 10.1. The number of aryl methyl sites for hydroxylation is 1. The highest BCUT2D eigenvalue weighted by Crippen LogP contribution is 2.11. The summed E-state index contributed by atoms with van der Waals surface area (Å²) in [7, 11) is 3.42. The zero-order valence-corrected chi connectivity index (χ0v) is 15.1. The van der Waals surface area contributed by atoms with Gasteiger partial charge in [-0.25, -0.2) is 0 Å². The molecule has 0 fully saturated rings. The van der Waals surface area contributed by atoms with Gasteiger partial charge >= 0.3 is 0 Å². The topological polar surface area (TPSA) is 88.3 Å². The van der Waals surface area contributed by atoms with Gasteiger partial charge < -0.3 is 14.7 Å². The normalized spacial score (nSPS) is 10.8. The van der Waals surface area contributed by atoms with Gasteiger partial charge in [0.1, 0.15) is 0 Å². The van der Waals surface area contributed by atoms with Gasteiger partial charge in [0.15, 0.2) is 5.82 Å². The number of hydrogen-bond donors (Lipinski definition) is 1. The molecule has 0 radical (unpaired) electrons. The number of amides is 2. The first-order valence-electron chi connectivity index (χ1n) is 8.26. The van der Waals surface area contributed by atoms with Crippen LogP contribution in [0.5, 0.6) is 0 Å². The van der Waals surface area contributed by atoms with E-state index in [4.69, 9.17) is 4.52 Å². The maximum absolute atomic E-state index is 11.9. The van der Waals surface area contributed by atoms with Crippen molar-refractivity contribution < 1.29 is 14.1 Å². The smallest absolute Gasteiger partial charge is 0.253 e. The number of nitrogens with zero attached hydrogens (tertiary/aromatic N) is 3. The van der Waals surface area contributed by atoms with Crippen LogP contribution in [0.4, 0.5) is 0 Å². The van der Waals surface area contributed by atoms with Crippen molar-refractivity contribution in [2.24, 2.45) is 0 Å². The number of carbonyl (C=O) groups excluding carboxylic acids is 2. The van der Waals surface area contributed by atoms with Crippen molar-refractivity contribution in [3.05, 3.63) is 47.1 Å². The molecular formula is C18H24N4O3. The Bertz CT molecular complexity index is 720. The Labute approximate surface area is 147 Å². The van der Waals surface area contributed by atoms with Crippen molar-refractivity contribution in [2.45, 2.75) is 39.2 Å². The fraction of sp³-hybridized carbons (Fsp3) is 0.444. The fourth-order valence-corrected chi connectivity index (χ4v) is 2.14. The van der Waals surface area contributed by atoms with Crippen molar-refractivity contribution in [3.8, 4) is 0 Å². The summed E-state index contributed by atoms with van der Waals surface area (Å²) in [5.74, 6) is 1.20. The minimum absolute atomic E-state index is 0.0455. The molecule has 2 aromatic rings. The van der Waals surface area contributed by atoms with E-state index in [1.165, 1.54) is 4.90 Å². The third-order valence-corrected chi connectivity index (χ3v) is 3.66. The zero-order valence-electron chi connectivity index (χ0n) is 15.1. The second-order valence-corrected chi connectivity index (χ2v) is 6.37. The molecular weight excluding hydrogens is 320 g/mol. The predicted octanol–water partition coefficient (Wildman–Crippen LogP) is 2.14. The van der Waals surface area contributed by atoms with Gasteiger partial charge in [-0.2, -0.15) is 4.98 Å². The second kappa shape index (κ2) is 8.41. The minimum atomic E-state index is -0.0854. The zero-order chi connectivity index (χ0) is 18.4. The molecule has 0 aliphatic rings. The molecule has 0 saturated heterocycles. The second-order valence-electron chi connectivity index (χ2n) is 6.37. The Hall–Kier alpha value is -2.70. The van der Waals surface area contributed by atoms with Crippen molar-refractivity contribution in [3.63, 3.8) is 0 Å². The van der Waals surface area contributed by atoms with E-state index in [0.717, 1.165) is 5.56 Å². The Balaban J connectivity index is 1.78. The number of rotatable bonds is 7. The summed E-state index contributed by atoms with van der Waals surface area (Å²) in [6.45, 7) is 4.38. The standard InChI is InChI=1S/C18H24N4O3/c1-12(2)17-20-16(25-21-17)10-9-15(23)19-11-13-5-7-14(8-6-13)18(24)22(3)4/h5-8,12H,9-11H2,1-4H3,(H,19,23). The summed E-state index contributed by atoms with van der Waals surface area (Å²) < 4.78 is 5.12. The van der Waals surface area contributed by atoms with Crippen LogP contribution < -0.4 is 5.32 Å². The van der Waals surface area contributed by atoms with Crippen LogP contribution in [0.1, 0.15) is 53.8 Å². The van der Waals surface area contributed by atoms with Crippen molar-refractivity contribution in [2.75, 3.05) is 14.1 Å². The molecule has 7 heteroatoms. The van der Waals surface area contributed by atoms with Crippen LogP contribution in [-0.2, 0) is 17.8 Å². The van der Waals surface area contributed by atoms with Gasteiger partial charge in [0.2, 0.25) is 11.8 Å². The van der Waals surface area contributed by atoms with Gasteiger partial charge in [-0.15, -0.1) is 0 Å². The van der Waals surface area contributed by atoms with Crippen LogP contribution >= 0.6 is 0 Å². The van der Waals surface area contributed by atoms with Crippen LogP contribution in [0.15, 0.2) is 28.8 Å². The molecule has 2 rings (SSSR count). The molecule has 2 amide bonds. The Morgan fingerprint density at radius 2 is 1.88 bits per heavy atom. The number of aromatic nitrogens is 2. The molecule has 0 aliphatic heterocycles. The van der Waals surface area contributed by atoms with Gasteiger partial charge in [0.25, 0.3) is 5.91 Å². The largest absolute Gasteiger partial charge is 0.352 e. The van der Waals surface area contributed by atoms with E-state index in [1.807, 2.05) is 26.0 Å². The van der Waals surface area contributed by atoms with E-state index in [-0.39, 0.29) is 24.2 Å². The number of nitrogens with one attached hydrogen (secondary N) is 1. The van der Waals surface area contributed by atoms with E-state index >= 15 is 0 Å². The maximum Gasteiger partial charge on any atom is 0.253 e. The highest BCUT2D eigenvalue weighted by molar-refractivity contribution is 5.93. The third kappa shape index (κ3) is 5.41. The lowest BCUT2D eigenvalue weighted by Crippen LogP contribution is -2.23. The minimum Gasteiger partial charge on any atom is -0.352 e. The molecule has 0 spiro atoms. The van der Waals surface area contributed by atoms with E-state index in [9.17, 15) is 9.59 Å². The third-order valence-electron chi connectivity index (χ3n) is 3.66. The summed E-state index contributed by atoms with van der Waals surface area (Å²) in [5.41, 5.74) is 1.56. The Morgan fingerprint density at radius 1 is 1.20 bits per heavy atom. The molecule has 134 valence electrons. The Morgan fingerprint density at radius 3 is 2.44 bits per heavy atom. The monoisotopic (exact) mass is 344 g/mol. The molecule has 1 heterocycles. The molecule has 0 atom stereocenters. The molecule has 0 saturated carbocycles. The Kier molecular flexibility index (Phi) is 6.27. The van der Waals surface area contributed by atoms with E-state index in [0.29, 0.717) is 30.2 Å². The molecule has 1 N–H and O–H groups in total. The van der Waals surface area contributed by atoms with Crippen molar-refractivity contribution in [1.29, 1.82) is 0 Å². The number of hydrogen-bond acceptors (Lipinski definition) is 5. The molecule has 0 bridgehead atoms. The summed E-state index contributed by atoms with van der Waals surface area (Å²) in [4.78, 5) is 29.5. The predicted molar refractivity (Wildman–Crippen MR) is 93.0 cm³/mol. The first kappa shape index (κ1) is 18.6. The highest BCUT2D eigenvalue weighted by atomic mass is 16.5. The van der Waals surface area contributed by atoms with E-state index in [1.54, 1.807) is 26.2 Å². The van der Waals surface area contributed by atoms with Crippen LogP contribution in [0.2, 0.25) is 0 Å². The van der Waals surface area contributed by atoms with Crippen LogP contribution in [0, 0.1) is 0 Å². The van der Waals surface area contributed by atoms with Crippen LogP contribution in [-0.4, -0.2) is 41.0 Å². The van der Waals surface area contributed by atoms with Crippen LogP contribution in [0.3, 0.4) is 0 Å². The summed E-state index contributed by atoms with van der Waals surface area (Å²) in [6.07, 6.45) is 0.707. The molecule has 0 aliphatic carbocycles. The average Bonchev–Trinajstić information content (AvgIpc) is 3.07. The quantitative estimate of drug-likeness (QED) is 0.831. The van der Waals surface area contributed by atoms with Gasteiger partial charge in [0.05, 0.1) is 0 Å². The molecule has 7 nitrogen and oxygen atoms in total. The number of benzene rings is 1. The van der Waals surface area contributed by atoms with Gasteiger partial charge in [-0.1, -0.05) is 31.1 Å². The lowest BCUT2D eigenvalue weighted by molar-refractivity contribution is -0.121.